The minimum absolute atomic E-state index is 0.252. The average Bonchev–Trinajstić information content (AvgIpc) is 2.88. The highest BCUT2D eigenvalue weighted by molar-refractivity contribution is 8.76. The molecule has 2 N–H and O–H groups in total. The Bertz CT molecular complexity index is 545. The summed E-state index contributed by atoms with van der Waals surface area (Å²) in [6, 6.07) is -0.960. The van der Waals surface area contributed by atoms with Crippen LogP contribution >= 0.6 is 21.6 Å². The molecular weight excluding hydrogens is 518 g/mol. The maximum absolute atomic E-state index is 12.0. The highest BCUT2D eigenvalue weighted by Crippen LogP contribution is 2.20. The number of aliphatic carboxylic acids is 1. The number of carboxylic acids is 1. The molecule has 11 heteroatoms. The van der Waals surface area contributed by atoms with E-state index < -0.39 is 18.1 Å². The minimum Gasteiger partial charge on any atom is -0.480 e. The Morgan fingerprint density at radius 1 is 0.757 bits per heavy atom. The van der Waals surface area contributed by atoms with Gasteiger partial charge in [0.25, 0.3) is 0 Å². The molecule has 0 saturated carbocycles. The summed E-state index contributed by atoms with van der Waals surface area (Å²) in [5, 5.41) is 11.7. The van der Waals surface area contributed by atoms with Crippen LogP contribution in [-0.4, -0.2) is 96.2 Å². The highest BCUT2D eigenvalue weighted by Gasteiger charge is 2.20. The molecule has 3 atom stereocenters. The predicted octanol–water partition coefficient (Wildman–Crippen LogP) is 5.27. The molecule has 0 aromatic carbocycles. The Kier molecular flexibility index (Phi) is 26.3. The molecule has 0 spiro atoms. The molecule has 1 amide bonds. The molecule has 220 valence electrons. The molecule has 37 heavy (non-hydrogen) atoms. The second-order valence-electron chi connectivity index (χ2n) is 9.15. The molecule has 0 aromatic heterocycles. The summed E-state index contributed by atoms with van der Waals surface area (Å²) < 4.78 is 27.0. The van der Waals surface area contributed by atoms with Crippen LogP contribution in [0.15, 0.2) is 0 Å². The number of carbonyl (C=O) groups excluding carboxylic acids is 1. The first-order chi connectivity index (χ1) is 18.0. The van der Waals surface area contributed by atoms with Crippen molar-refractivity contribution in [2.45, 2.75) is 70.3 Å². The lowest BCUT2D eigenvalue weighted by Crippen LogP contribution is -2.42. The zero-order valence-corrected chi connectivity index (χ0v) is 25.0. The maximum Gasteiger partial charge on any atom is 0.407 e. The van der Waals surface area contributed by atoms with Crippen molar-refractivity contribution in [3.05, 3.63) is 0 Å². The monoisotopic (exact) mass is 569 g/mol. The predicted molar refractivity (Wildman–Crippen MR) is 151 cm³/mol. The van der Waals surface area contributed by atoms with Gasteiger partial charge in [-0.3, -0.25) is 0 Å². The van der Waals surface area contributed by atoms with Crippen LogP contribution in [0, 0.1) is 11.8 Å². The van der Waals surface area contributed by atoms with Crippen molar-refractivity contribution in [3.63, 3.8) is 0 Å². The number of nitrogens with one attached hydrogen (secondary N) is 1. The zero-order valence-electron chi connectivity index (χ0n) is 23.4. The fraction of sp³-hybridized carbons (Fsp3) is 0.923. The summed E-state index contributed by atoms with van der Waals surface area (Å²) in [6.07, 6.45) is 11.3. The van der Waals surface area contributed by atoms with Gasteiger partial charge in [-0.15, -0.1) is 0 Å². The number of amides is 1. The molecule has 0 aliphatic rings. The lowest BCUT2D eigenvalue weighted by Gasteiger charge is -2.21. The van der Waals surface area contributed by atoms with Gasteiger partial charge in [-0.2, -0.15) is 0 Å². The van der Waals surface area contributed by atoms with E-state index >= 15 is 0 Å². The smallest absolute Gasteiger partial charge is 0.407 e. The van der Waals surface area contributed by atoms with E-state index in [1.807, 2.05) is 6.26 Å². The van der Waals surface area contributed by atoms with Crippen molar-refractivity contribution in [1.29, 1.82) is 0 Å². The largest absolute Gasteiger partial charge is 0.480 e. The van der Waals surface area contributed by atoms with E-state index in [-0.39, 0.29) is 12.4 Å². The van der Waals surface area contributed by atoms with E-state index in [9.17, 15) is 14.7 Å². The number of carboxylic acid groups (broad SMARTS) is 1. The van der Waals surface area contributed by atoms with Gasteiger partial charge in [0.05, 0.1) is 6.61 Å². The van der Waals surface area contributed by atoms with Crippen LogP contribution in [0.1, 0.15) is 64.2 Å². The Labute approximate surface area is 232 Å². The molecule has 3 unspecified atom stereocenters. The summed E-state index contributed by atoms with van der Waals surface area (Å²) in [5.41, 5.74) is 0. The molecule has 0 heterocycles. The summed E-state index contributed by atoms with van der Waals surface area (Å²) in [4.78, 5) is 23.3. The summed E-state index contributed by atoms with van der Waals surface area (Å²) in [5.74, 6) is 0.109. The van der Waals surface area contributed by atoms with E-state index in [1.165, 1.54) is 21.6 Å². The Morgan fingerprint density at radius 2 is 1.24 bits per heavy atom. The molecule has 9 nitrogen and oxygen atoms in total. The van der Waals surface area contributed by atoms with Crippen molar-refractivity contribution in [3.8, 4) is 0 Å². The highest BCUT2D eigenvalue weighted by atomic mass is 33.1. The number of hydrogen-bond acceptors (Lipinski definition) is 9. The number of hydrogen-bond donors (Lipinski definition) is 2. The van der Waals surface area contributed by atoms with Gasteiger partial charge in [0.15, 0.2) is 0 Å². The lowest BCUT2D eigenvalue weighted by atomic mass is 9.96. The SMILES string of the molecule is COCCCCC(CCCOC)COCC(CCCCOC)CCCOC(=O)NC(CSSC)C(=O)O. The fourth-order valence-corrected chi connectivity index (χ4v) is 5.24. The third-order valence-corrected chi connectivity index (χ3v) is 7.84. The molecular formula is C26H51NO8S2. The van der Waals surface area contributed by atoms with Gasteiger partial charge in [0, 0.05) is 60.1 Å². The van der Waals surface area contributed by atoms with Gasteiger partial charge < -0.3 is 34.1 Å². The molecule has 0 aromatic rings. The van der Waals surface area contributed by atoms with Crippen LogP contribution in [0.3, 0.4) is 0 Å². The number of ether oxygens (including phenoxy) is 5. The second kappa shape index (κ2) is 26.9. The summed E-state index contributed by atoms with van der Waals surface area (Å²) in [7, 11) is 8.03. The average molecular weight is 570 g/mol. The molecule has 0 rings (SSSR count). The van der Waals surface area contributed by atoms with Crippen molar-refractivity contribution < 1.29 is 38.4 Å². The number of unbranched alkanes of at least 4 members (excludes halogenated alkanes) is 2. The molecule has 0 radical (unpaired) electrons. The van der Waals surface area contributed by atoms with Crippen LogP contribution in [0.4, 0.5) is 4.79 Å². The number of alkyl carbamates (subject to hydrolysis) is 1. The van der Waals surface area contributed by atoms with Gasteiger partial charge in [0.2, 0.25) is 0 Å². The van der Waals surface area contributed by atoms with Crippen molar-refractivity contribution in [1.82, 2.24) is 5.32 Å². The fourth-order valence-electron chi connectivity index (χ4n) is 3.93. The van der Waals surface area contributed by atoms with Crippen LogP contribution in [0.25, 0.3) is 0 Å². The molecule has 0 bridgehead atoms. The van der Waals surface area contributed by atoms with Gasteiger partial charge in [-0.25, -0.2) is 9.59 Å². The Morgan fingerprint density at radius 3 is 1.73 bits per heavy atom. The summed E-state index contributed by atoms with van der Waals surface area (Å²) >= 11 is 0. The number of rotatable bonds is 27. The van der Waals surface area contributed by atoms with Gasteiger partial charge in [0.1, 0.15) is 6.04 Å². The van der Waals surface area contributed by atoms with E-state index in [0.29, 0.717) is 24.9 Å². The first-order valence-electron chi connectivity index (χ1n) is 13.3. The third-order valence-electron chi connectivity index (χ3n) is 6.02. The van der Waals surface area contributed by atoms with Gasteiger partial charge >= 0.3 is 12.1 Å². The van der Waals surface area contributed by atoms with Gasteiger partial charge in [-0.05, 0) is 69.5 Å². The first-order valence-corrected chi connectivity index (χ1v) is 16.1. The van der Waals surface area contributed by atoms with Crippen molar-refractivity contribution in [2.75, 3.05) is 73.0 Å². The van der Waals surface area contributed by atoms with Crippen LogP contribution in [0.5, 0.6) is 0 Å². The number of carbonyl (C=O) groups is 2. The number of methoxy groups -OCH3 is 3. The third kappa shape index (κ3) is 22.9. The quantitative estimate of drug-likeness (QED) is 0.100. The van der Waals surface area contributed by atoms with E-state index in [2.05, 4.69) is 5.32 Å². The second-order valence-corrected chi connectivity index (χ2v) is 11.8. The van der Waals surface area contributed by atoms with Crippen molar-refractivity contribution >= 4 is 33.7 Å². The molecule has 0 aliphatic carbocycles. The van der Waals surface area contributed by atoms with Crippen LogP contribution in [0.2, 0.25) is 0 Å². The standard InChI is InChI=1S/C26H51NO8S2/c1-31-15-7-5-11-22(13-9-17-33-3)19-34-20-23(12-6-8-16-32-2)14-10-18-35-26(30)27-24(25(28)29)21-37-36-4/h22-24H,5-21H2,1-4H3,(H,27,30)(H,28,29). The summed E-state index contributed by atoms with van der Waals surface area (Å²) in [6.45, 7) is 4.00. The first kappa shape index (κ1) is 36.3. The molecule has 0 aliphatic heterocycles. The lowest BCUT2D eigenvalue weighted by molar-refractivity contribution is -0.138. The minimum atomic E-state index is -1.06. The van der Waals surface area contributed by atoms with Crippen LogP contribution in [-0.2, 0) is 28.5 Å². The normalized spacial score (nSPS) is 13.7. The molecule has 0 fully saturated rings. The Balaban J connectivity index is 4.53. The van der Waals surface area contributed by atoms with E-state index in [1.54, 1.807) is 21.3 Å². The molecule has 0 saturated heterocycles. The van der Waals surface area contributed by atoms with Crippen molar-refractivity contribution in [2.24, 2.45) is 11.8 Å². The van der Waals surface area contributed by atoms with Gasteiger partial charge in [-0.1, -0.05) is 34.4 Å². The Hall–Kier alpha value is -0.720. The zero-order chi connectivity index (χ0) is 27.6. The topological polar surface area (TPSA) is 113 Å². The van der Waals surface area contributed by atoms with E-state index in [4.69, 9.17) is 23.7 Å². The van der Waals surface area contributed by atoms with E-state index in [0.717, 1.165) is 84.2 Å². The maximum atomic E-state index is 12.0. The van der Waals surface area contributed by atoms with Crippen LogP contribution < -0.4 is 5.32 Å².